The zero-order valence-electron chi connectivity index (χ0n) is 16.1. The van der Waals surface area contributed by atoms with E-state index in [1.165, 1.54) is 12.1 Å². The predicted molar refractivity (Wildman–Crippen MR) is 102 cm³/mol. The number of rotatable bonds is 7. The molecule has 2 rings (SSSR count). The van der Waals surface area contributed by atoms with Gasteiger partial charge in [0.25, 0.3) is 0 Å². The first kappa shape index (κ1) is 20.6. The van der Waals surface area contributed by atoms with Gasteiger partial charge in [-0.2, -0.15) is 0 Å². The van der Waals surface area contributed by atoms with Crippen molar-refractivity contribution >= 4 is 5.96 Å². The van der Waals surface area contributed by atoms with Crippen molar-refractivity contribution in [3.8, 4) is 0 Å². The second-order valence-electron chi connectivity index (χ2n) is 7.04. The highest BCUT2D eigenvalue weighted by Crippen LogP contribution is 2.20. The first-order valence-corrected chi connectivity index (χ1v) is 9.53. The van der Waals surface area contributed by atoms with E-state index in [4.69, 9.17) is 9.73 Å². The number of nitrogens with zero attached hydrogens (tertiary/aromatic N) is 2. The van der Waals surface area contributed by atoms with Crippen LogP contribution < -0.4 is 5.32 Å². The lowest BCUT2D eigenvalue weighted by atomic mass is 9.96. The lowest BCUT2D eigenvalue weighted by molar-refractivity contribution is 0.0625. The van der Waals surface area contributed by atoms with Crippen LogP contribution in [0.1, 0.15) is 44.6 Å². The number of nitrogens with one attached hydrogen (secondary N) is 1. The van der Waals surface area contributed by atoms with E-state index < -0.39 is 11.6 Å². The molecule has 0 aliphatic carbocycles. The largest absolute Gasteiger partial charge is 0.381 e. The van der Waals surface area contributed by atoms with Crippen molar-refractivity contribution in [1.82, 2.24) is 10.2 Å². The summed E-state index contributed by atoms with van der Waals surface area (Å²) < 4.78 is 31.9. The number of benzene rings is 1. The summed E-state index contributed by atoms with van der Waals surface area (Å²) in [6.45, 7) is 8.01. The summed E-state index contributed by atoms with van der Waals surface area (Å²) in [6.07, 6.45) is 3.40. The van der Waals surface area contributed by atoms with Gasteiger partial charge in [0.15, 0.2) is 17.6 Å². The number of hydrogen-bond donors (Lipinski definition) is 1. The number of ether oxygens (including phenoxy) is 1. The van der Waals surface area contributed by atoms with E-state index in [0.717, 1.165) is 63.0 Å². The van der Waals surface area contributed by atoms with Crippen molar-refractivity contribution in [2.75, 3.05) is 39.9 Å². The third-order valence-electron chi connectivity index (χ3n) is 4.94. The number of hydrogen-bond acceptors (Lipinski definition) is 2. The third kappa shape index (κ3) is 6.24. The van der Waals surface area contributed by atoms with Crippen LogP contribution in [0.2, 0.25) is 0 Å². The second-order valence-corrected chi connectivity index (χ2v) is 7.04. The van der Waals surface area contributed by atoms with Crippen LogP contribution in [-0.4, -0.2) is 50.8 Å². The first-order chi connectivity index (χ1) is 12.5. The van der Waals surface area contributed by atoms with E-state index in [1.807, 2.05) is 20.9 Å². The molecular weight excluding hydrogens is 336 g/mol. The van der Waals surface area contributed by atoms with E-state index in [0.29, 0.717) is 6.54 Å². The molecule has 1 atom stereocenters. The highest BCUT2D eigenvalue weighted by Gasteiger charge is 2.16. The molecule has 0 saturated carbocycles. The Morgan fingerprint density at radius 3 is 2.69 bits per heavy atom. The Kier molecular flexibility index (Phi) is 8.29. The highest BCUT2D eigenvalue weighted by molar-refractivity contribution is 5.79. The predicted octanol–water partition coefficient (Wildman–Crippen LogP) is 3.78. The van der Waals surface area contributed by atoms with E-state index >= 15 is 0 Å². The van der Waals surface area contributed by atoms with Gasteiger partial charge in [-0.15, -0.1) is 0 Å². The highest BCUT2D eigenvalue weighted by atomic mass is 19.2. The Labute approximate surface area is 155 Å². The van der Waals surface area contributed by atoms with Crippen molar-refractivity contribution in [2.24, 2.45) is 10.9 Å². The fraction of sp³-hybridized carbons (Fsp3) is 0.650. The molecule has 146 valence electrons. The summed E-state index contributed by atoms with van der Waals surface area (Å²) >= 11 is 0. The molecule has 0 spiro atoms. The van der Waals surface area contributed by atoms with Gasteiger partial charge >= 0.3 is 0 Å². The lowest BCUT2D eigenvalue weighted by Gasteiger charge is -2.27. The number of aliphatic imine (C=N–C) groups is 1. The molecule has 0 aromatic heterocycles. The molecule has 1 N–H and O–H groups in total. The van der Waals surface area contributed by atoms with Gasteiger partial charge in [-0.1, -0.05) is 13.0 Å². The zero-order valence-corrected chi connectivity index (χ0v) is 16.1. The Bertz CT molecular complexity index is 588. The molecule has 1 unspecified atom stereocenters. The van der Waals surface area contributed by atoms with Gasteiger partial charge in [-0.25, -0.2) is 8.78 Å². The SMILES string of the molecule is CCNC(=NCC(C)c1ccc(F)c(F)c1)N(C)CCC1CCOCC1. The van der Waals surface area contributed by atoms with Crippen LogP contribution in [0.25, 0.3) is 0 Å². The average molecular weight is 367 g/mol. The van der Waals surface area contributed by atoms with Crippen LogP contribution in [0.3, 0.4) is 0 Å². The molecular formula is C20H31F2N3O. The monoisotopic (exact) mass is 367 g/mol. The molecule has 1 saturated heterocycles. The third-order valence-corrected chi connectivity index (χ3v) is 4.94. The molecule has 1 aliphatic rings. The Hall–Kier alpha value is -1.69. The average Bonchev–Trinajstić information content (AvgIpc) is 2.66. The summed E-state index contributed by atoms with van der Waals surface area (Å²) in [4.78, 5) is 6.85. The van der Waals surface area contributed by atoms with Crippen LogP contribution in [0.15, 0.2) is 23.2 Å². The number of halogens is 2. The number of guanidine groups is 1. The molecule has 1 aromatic rings. The Morgan fingerprint density at radius 2 is 2.04 bits per heavy atom. The van der Waals surface area contributed by atoms with Crippen molar-refractivity contribution < 1.29 is 13.5 Å². The first-order valence-electron chi connectivity index (χ1n) is 9.53. The van der Waals surface area contributed by atoms with Gasteiger partial charge in [0.05, 0.1) is 0 Å². The minimum atomic E-state index is -0.814. The van der Waals surface area contributed by atoms with Gasteiger partial charge in [0.2, 0.25) is 0 Å². The minimum absolute atomic E-state index is 0.0163. The summed E-state index contributed by atoms with van der Waals surface area (Å²) in [5.41, 5.74) is 0.758. The van der Waals surface area contributed by atoms with Crippen LogP contribution in [0.5, 0.6) is 0 Å². The zero-order chi connectivity index (χ0) is 18.9. The fourth-order valence-corrected chi connectivity index (χ4v) is 3.13. The second kappa shape index (κ2) is 10.5. The molecule has 1 heterocycles. The summed E-state index contributed by atoms with van der Waals surface area (Å²) in [5, 5.41) is 3.31. The molecule has 4 nitrogen and oxygen atoms in total. The van der Waals surface area contributed by atoms with Crippen LogP contribution in [-0.2, 0) is 4.74 Å². The summed E-state index contributed by atoms with van der Waals surface area (Å²) in [5.74, 6) is -0.0312. The maximum Gasteiger partial charge on any atom is 0.193 e. The van der Waals surface area contributed by atoms with Gasteiger partial charge < -0.3 is 15.0 Å². The molecule has 1 aromatic carbocycles. The van der Waals surface area contributed by atoms with E-state index in [2.05, 4.69) is 10.2 Å². The fourth-order valence-electron chi connectivity index (χ4n) is 3.13. The Morgan fingerprint density at radius 1 is 1.31 bits per heavy atom. The lowest BCUT2D eigenvalue weighted by Crippen LogP contribution is -2.40. The van der Waals surface area contributed by atoms with Gasteiger partial charge in [-0.3, -0.25) is 4.99 Å². The van der Waals surface area contributed by atoms with E-state index in [9.17, 15) is 8.78 Å². The van der Waals surface area contributed by atoms with Crippen molar-refractivity contribution in [3.05, 3.63) is 35.4 Å². The van der Waals surface area contributed by atoms with Crippen molar-refractivity contribution in [1.29, 1.82) is 0 Å². The molecule has 0 amide bonds. The van der Waals surface area contributed by atoms with Crippen molar-refractivity contribution in [3.63, 3.8) is 0 Å². The van der Waals surface area contributed by atoms with E-state index in [-0.39, 0.29) is 5.92 Å². The minimum Gasteiger partial charge on any atom is -0.381 e. The molecule has 0 bridgehead atoms. The standard InChI is InChI=1S/C20H31F2N3O/c1-4-23-20(25(3)10-7-16-8-11-26-12-9-16)24-14-15(2)17-5-6-18(21)19(22)13-17/h5-6,13,15-16H,4,7-12,14H2,1-3H3,(H,23,24). The molecule has 1 fully saturated rings. The Balaban J connectivity index is 1.92. The van der Waals surface area contributed by atoms with Crippen LogP contribution in [0, 0.1) is 17.6 Å². The maximum absolute atomic E-state index is 13.4. The van der Waals surface area contributed by atoms with Gasteiger partial charge in [0, 0.05) is 45.8 Å². The summed E-state index contributed by atoms with van der Waals surface area (Å²) in [7, 11) is 2.04. The molecule has 26 heavy (non-hydrogen) atoms. The molecule has 0 radical (unpaired) electrons. The smallest absolute Gasteiger partial charge is 0.193 e. The van der Waals surface area contributed by atoms with Crippen molar-refractivity contribution in [2.45, 2.75) is 39.0 Å². The maximum atomic E-state index is 13.4. The van der Waals surface area contributed by atoms with Gasteiger partial charge in [-0.05, 0) is 49.8 Å². The normalized spacial score (nSPS) is 17.2. The molecule has 1 aliphatic heterocycles. The van der Waals surface area contributed by atoms with E-state index in [1.54, 1.807) is 6.07 Å². The molecule has 6 heteroatoms. The quantitative estimate of drug-likeness (QED) is 0.589. The summed E-state index contributed by atoms with van der Waals surface area (Å²) in [6, 6.07) is 4.06. The van der Waals surface area contributed by atoms with Crippen LogP contribution >= 0.6 is 0 Å². The van der Waals surface area contributed by atoms with Crippen LogP contribution in [0.4, 0.5) is 8.78 Å². The topological polar surface area (TPSA) is 36.9 Å². The van der Waals surface area contributed by atoms with Gasteiger partial charge in [0.1, 0.15) is 0 Å².